The Balaban J connectivity index is 1.81. The number of nitrogens with zero attached hydrogens (tertiary/aromatic N) is 1. The number of unbranched alkanes of at least 4 members (excludes halogenated alkanes) is 1. The second-order valence-corrected chi connectivity index (χ2v) is 8.89. The zero-order valence-electron chi connectivity index (χ0n) is 16.6. The number of carbonyl (C=O) groups is 2. The maximum absolute atomic E-state index is 12.9. The van der Waals surface area contributed by atoms with E-state index in [1.54, 1.807) is 35.2 Å². The van der Waals surface area contributed by atoms with Gasteiger partial charge < -0.3 is 10.6 Å². The lowest BCUT2D eigenvalue weighted by Gasteiger charge is -2.25. The maximum Gasteiger partial charge on any atom is 0.389 e. The predicted molar refractivity (Wildman–Crippen MR) is 117 cm³/mol. The molecule has 1 atom stereocenters. The average molecular weight is 471 g/mol. The van der Waals surface area contributed by atoms with Gasteiger partial charge in [-0.25, -0.2) is 0 Å². The average Bonchev–Trinajstić information content (AvgIpc) is 2.83. The molecule has 31 heavy (non-hydrogen) atoms. The first-order chi connectivity index (χ1) is 14.6. The van der Waals surface area contributed by atoms with Crippen molar-refractivity contribution in [3.63, 3.8) is 0 Å². The van der Waals surface area contributed by atoms with Crippen LogP contribution in [0.4, 0.5) is 18.9 Å². The molecule has 166 valence electrons. The molecule has 0 radical (unpaired) electrons. The first kappa shape index (κ1) is 23.6. The van der Waals surface area contributed by atoms with Crippen molar-refractivity contribution in [1.82, 2.24) is 0 Å². The molecule has 0 bridgehead atoms. The van der Waals surface area contributed by atoms with Crippen LogP contribution in [0.2, 0.25) is 5.02 Å². The number of hydrogen-bond acceptors (Lipinski definition) is 4. The number of hydrogen-bond donors (Lipinski definition) is 1. The van der Waals surface area contributed by atoms with Crippen molar-refractivity contribution >= 4 is 40.7 Å². The number of Topliss-reactive ketones (excluding diaryl/α,β-unsaturated/α-hetero) is 1. The number of thioether (sulfide) groups is 1. The summed E-state index contributed by atoms with van der Waals surface area (Å²) in [5.41, 5.74) is 7.85. The highest BCUT2D eigenvalue weighted by molar-refractivity contribution is 7.99. The fourth-order valence-electron chi connectivity index (χ4n) is 3.28. The van der Waals surface area contributed by atoms with Crippen LogP contribution in [0.25, 0.3) is 0 Å². The van der Waals surface area contributed by atoms with Crippen LogP contribution < -0.4 is 10.6 Å². The van der Waals surface area contributed by atoms with Gasteiger partial charge in [0.05, 0.1) is 18.3 Å². The molecular weight excluding hydrogens is 449 g/mol. The summed E-state index contributed by atoms with van der Waals surface area (Å²) in [6.45, 7) is 0.264. The topological polar surface area (TPSA) is 63.4 Å². The summed E-state index contributed by atoms with van der Waals surface area (Å²) < 4.78 is 36.9. The number of rotatable bonds is 7. The van der Waals surface area contributed by atoms with E-state index in [-0.39, 0.29) is 37.5 Å². The second-order valence-electron chi connectivity index (χ2n) is 7.40. The minimum atomic E-state index is -4.22. The van der Waals surface area contributed by atoms with Crippen LogP contribution in [-0.4, -0.2) is 29.7 Å². The molecule has 1 aliphatic rings. The van der Waals surface area contributed by atoms with Crippen LogP contribution in [0.3, 0.4) is 0 Å². The van der Waals surface area contributed by atoms with Gasteiger partial charge in [-0.15, -0.1) is 11.8 Å². The van der Waals surface area contributed by atoms with E-state index < -0.39 is 18.6 Å². The van der Waals surface area contributed by atoms with Gasteiger partial charge in [0, 0.05) is 34.1 Å². The SMILES string of the molecule is N[C@H]1CSc2ccc(C(=O)CCCCC(F)(F)F)cc2N(Cc2ccc(Cl)cc2)C1=O. The third-order valence-electron chi connectivity index (χ3n) is 4.94. The van der Waals surface area contributed by atoms with E-state index in [9.17, 15) is 22.8 Å². The fourth-order valence-corrected chi connectivity index (χ4v) is 4.39. The summed E-state index contributed by atoms with van der Waals surface area (Å²) >= 11 is 7.38. The number of carbonyl (C=O) groups excluding carboxylic acids is 2. The summed E-state index contributed by atoms with van der Waals surface area (Å²) in [6, 6.07) is 11.5. The molecule has 0 fully saturated rings. The van der Waals surface area contributed by atoms with Crippen LogP contribution in [0.1, 0.15) is 41.6 Å². The molecule has 0 unspecified atom stereocenters. The van der Waals surface area contributed by atoms with Crippen LogP contribution in [0.5, 0.6) is 0 Å². The largest absolute Gasteiger partial charge is 0.389 e. The Morgan fingerprint density at radius 2 is 1.87 bits per heavy atom. The smallest absolute Gasteiger partial charge is 0.319 e. The fraction of sp³-hybridized carbons (Fsp3) is 0.364. The Morgan fingerprint density at radius 1 is 1.16 bits per heavy atom. The summed E-state index contributed by atoms with van der Waals surface area (Å²) in [7, 11) is 0. The van der Waals surface area contributed by atoms with Crippen molar-refractivity contribution in [2.24, 2.45) is 5.73 Å². The highest BCUT2D eigenvalue weighted by Crippen LogP contribution is 2.36. The van der Waals surface area contributed by atoms with Gasteiger partial charge in [-0.1, -0.05) is 29.8 Å². The van der Waals surface area contributed by atoms with Gasteiger partial charge in [-0.3, -0.25) is 9.59 Å². The van der Waals surface area contributed by atoms with E-state index in [1.165, 1.54) is 11.8 Å². The Labute approximate surface area is 187 Å². The number of halogens is 4. The molecule has 3 rings (SSSR count). The number of anilines is 1. The summed E-state index contributed by atoms with van der Waals surface area (Å²) in [4.78, 5) is 27.9. The number of benzene rings is 2. The molecule has 0 saturated carbocycles. The number of fused-ring (bicyclic) bond motifs is 1. The van der Waals surface area contributed by atoms with Gasteiger partial charge in [0.15, 0.2) is 5.78 Å². The highest BCUT2D eigenvalue weighted by Gasteiger charge is 2.29. The van der Waals surface area contributed by atoms with E-state index in [4.69, 9.17) is 17.3 Å². The Bertz CT molecular complexity index is 951. The molecule has 2 N–H and O–H groups in total. The maximum atomic E-state index is 12.9. The Morgan fingerprint density at radius 3 is 2.55 bits per heavy atom. The van der Waals surface area contributed by atoms with Crippen molar-refractivity contribution in [2.75, 3.05) is 10.7 Å². The van der Waals surface area contributed by atoms with Gasteiger partial charge in [-0.2, -0.15) is 13.2 Å². The first-order valence-electron chi connectivity index (χ1n) is 9.82. The molecule has 0 saturated heterocycles. The monoisotopic (exact) mass is 470 g/mol. The normalized spacial score (nSPS) is 16.7. The summed E-state index contributed by atoms with van der Waals surface area (Å²) in [5.74, 6) is -0.0911. The van der Waals surface area contributed by atoms with Crippen LogP contribution in [0.15, 0.2) is 47.4 Å². The number of alkyl halides is 3. The Hall–Kier alpha value is -2.03. The van der Waals surface area contributed by atoms with Gasteiger partial charge in [0.2, 0.25) is 5.91 Å². The van der Waals surface area contributed by atoms with Crippen LogP contribution >= 0.6 is 23.4 Å². The quantitative estimate of drug-likeness (QED) is 0.422. The minimum absolute atomic E-state index is 0.0205. The van der Waals surface area contributed by atoms with Crippen molar-refractivity contribution in [3.8, 4) is 0 Å². The van der Waals surface area contributed by atoms with E-state index in [0.717, 1.165) is 10.5 Å². The number of ketones is 1. The van der Waals surface area contributed by atoms with E-state index in [1.807, 2.05) is 12.1 Å². The molecule has 1 heterocycles. The van der Waals surface area contributed by atoms with Gasteiger partial charge in [-0.05, 0) is 42.7 Å². The molecular formula is C22H22ClF3N2O2S. The minimum Gasteiger partial charge on any atom is -0.319 e. The molecule has 0 aromatic heterocycles. The Kier molecular flexibility index (Phi) is 7.67. The van der Waals surface area contributed by atoms with Gasteiger partial charge in [0.25, 0.3) is 0 Å². The third-order valence-corrected chi connectivity index (χ3v) is 6.38. The van der Waals surface area contributed by atoms with E-state index in [0.29, 0.717) is 22.0 Å². The zero-order chi connectivity index (χ0) is 22.6. The molecule has 4 nitrogen and oxygen atoms in total. The molecule has 0 aliphatic carbocycles. The molecule has 1 aliphatic heterocycles. The summed E-state index contributed by atoms with van der Waals surface area (Å²) in [5, 5.41) is 0.581. The van der Waals surface area contributed by atoms with Crippen LogP contribution in [-0.2, 0) is 11.3 Å². The molecule has 9 heteroatoms. The molecule has 0 spiro atoms. The van der Waals surface area contributed by atoms with Crippen molar-refractivity contribution in [3.05, 3.63) is 58.6 Å². The van der Waals surface area contributed by atoms with E-state index in [2.05, 4.69) is 0 Å². The van der Waals surface area contributed by atoms with E-state index >= 15 is 0 Å². The standard InChI is InChI=1S/C22H22ClF3N2O2S/c23-16-7-4-14(5-8-16)12-28-18-11-15(19(29)3-1-2-10-22(24,25)26)6-9-20(18)31-13-17(27)21(28)30/h4-9,11,17H,1-3,10,12-13,27H2/t17-/m0/s1. The highest BCUT2D eigenvalue weighted by atomic mass is 35.5. The number of amides is 1. The number of nitrogens with two attached hydrogens (primary N) is 1. The molecule has 1 amide bonds. The van der Waals surface area contributed by atoms with Crippen molar-refractivity contribution < 1.29 is 22.8 Å². The predicted octanol–water partition coefficient (Wildman–Crippen LogP) is 5.61. The lowest BCUT2D eigenvalue weighted by atomic mass is 10.0. The lowest BCUT2D eigenvalue weighted by Crippen LogP contribution is -2.44. The third kappa shape index (κ3) is 6.48. The first-order valence-corrected chi connectivity index (χ1v) is 11.2. The lowest BCUT2D eigenvalue weighted by molar-refractivity contribution is -0.135. The molecule has 2 aromatic rings. The van der Waals surface area contributed by atoms with Crippen molar-refractivity contribution in [1.29, 1.82) is 0 Å². The van der Waals surface area contributed by atoms with Crippen LogP contribution in [0, 0.1) is 0 Å². The molecule has 2 aromatic carbocycles. The van der Waals surface area contributed by atoms with Gasteiger partial charge in [0.1, 0.15) is 0 Å². The van der Waals surface area contributed by atoms with Gasteiger partial charge >= 0.3 is 6.18 Å². The van der Waals surface area contributed by atoms with Crippen molar-refractivity contribution in [2.45, 2.75) is 49.3 Å². The zero-order valence-corrected chi connectivity index (χ0v) is 18.2. The second kappa shape index (κ2) is 10.1. The summed E-state index contributed by atoms with van der Waals surface area (Å²) in [6.07, 6.45) is -5.03.